The van der Waals surface area contributed by atoms with E-state index in [1.165, 1.54) is 0 Å². The summed E-state index contributed by atoms with van der Waals surface area (Å²) in [4.78, 5) is 18.9. The number of hydrogen-bond acceptors (Lipinski definition) is 7. The highest BCUT2D eigenvalue weighted by Crippen LogP contribution is 2.30. The van der Waals surface area contributed by atoms with Gasteiger partial charge in [0.05, 0.1) is 12.0 Å². The second kappa shape index (κ2) is 8.64. The molecule has 10 nitrogen and oxygen atoms in total. The molecular weight excluding hydrogens is 444 g/mol. The zero-order valence-electron chi connectivity index (χ0n) is 18.3. The summed E-state index contributed by atoms with van der Waals surface area (Å²) in [5.41, 5.74) is 0.654. The van der Waals surface area contributed by atoms with E-state index in [4.69, 9.17) is 4.74 Å². The van der Waals surface area contributed by atoms with Crippen molar-refractivity contribution in [2.24, 2.45) is 5.92 Å². The molecular formula is C22H26N6O4S. The number of carbonyl (C=O) groups is 1. The SMILES string of the molecule is COc1ccc(S(=O)(=O)NC2CCN(c3cccc4nc(NC(=O)C5CC5)nn34)CC2)cc1. The first kappa shape index (κ1) is 21.7. The van der Waals surface area contributed by atoms with Gasteiger partial charge in [-0.3, -0.25) is 10.1 Å². The fourth-order valence-electron chi connectivity index (χ4n) is 4.01. The standard InChI is InChI=1S/C22H26N6O4S/c1-32-17-7-9-18(10-8-17)33(30,31)26-16-11-13-27(14-12-16)20-4-2-3-19-23-22(25-28(19)20)24-21(29)15-5-6-15/h2-4,7-10,15-16,26H,5-6,11-14H2,1H3,(H,24,25,29). The number of piperidine rings is 1. The van der Waals surface area contributed by atoms with E-state index in [9.17, 15) is 13.2 Å². The molecule has 0 spiro atoms. The summed E-state index contributed by atoms with van der Waals surface area (Å²) in [7, 11) is -2.06. The Morgan fingerprint density at radius 2 is 1.79 bits per heavy atom. The van der Waals surface area contributed by atoms with Crippen LogP contribution in [0.5, 0.6) is 5.75 Å². The van der Waals surface area contributed by atoms with E-state index in [1.54, 1.807) is 35.9 Å². The van der Waals surface area contributed by atoms with Crippen LogP contribution in [0.15, 0.2) is 47.4 Å². The molecule has 1 aromatic carbocycles. The van der Waals surface area contributed by atoms with Gasteiger partial charge >= 0.3 is 0 Å². The minimum atomic E-state index is -3.60. The van der Waals surface area contributed by atoms with Gasteiger partial charge in [-0.2, -0.15) is 9.50 Å². The number of rotatable bonds is 7. The molecule has 1 aliphatic heterocycles. The van der Waals surface area contributed by atoms with Gasteiger partial charge in [-0.25, -0.2) is 13.1 Å². The van der Waals surface area contributed by atoms with Crippen molar-refractivity contribution in [3.63, 3.8) is 0 Å². The smallest absolute Gasteiger partial charge is 0.249 e. The summed E-state index contributed by atoms with van der Waals surface area (Å²) in [6, 6.07) is 11.9. The van der Waals surface area contributed by atoms with E-state index in [0.29, 0.717) is 43.3 Å². The first-order chi connectivity index (χ1) is 15.9. The summed E-state index contributed by atoms with van der Waals surface area (Å²) in [6.07, 6.45) is 3.15. The van der Waals surface area contributed by atoms with Crippen molar-refractivity contribution in [1.82, 2.24) is 19.3 Å². The number of fused-ring (bicyclic) bond motifs is 1. The van der Waals surface area contributed by atoms with Crippen molar-refractivity contribution < 1.29 is 17.9 Å². The number of pyridine rings is 1. The Balaban J connectivity index is 1.25. The first-order valence-electron chi connectivity index (χ1n) is 11.0. The lowest BCUT2D eigenvalue weighted by molar-refractivity contribution is -0.117. The van der Waals surface area contributed by atoms with Gasteiger partial charge in [0.1, 0.15) is 11.6 Å². The highest BCUT2D eigenvalue weighted by atomic mass is 32.2. The third kappa shape index (κ3) is 4.64. The van der Waals surface area contributed by atoms with Crippen molar-refractivity contribution in [2.45, 2.75) is 36.6 Å². The third-order valence-electron chi connectivity index (χ3n) is 6.03. The zero-order valence-corrected chi connectivity index (χ0v) is 19.1. The molecule has 2 aliphatic rings. The predicted molar refractivity (Wildman–Crippen MR) is 123 cm³/mol. The second-order valence-electron chi connectivity index (χ2n) is 8.41. The molecule has 33 heavy (non-hydrogen) atoms. The van der Waals surface area contributed by atoms with Crippen LogP contribution in [0.2, 0.25) is 0 Å². The van der Waals surface area contributed by atoms with E-state index < -0.39 is 10.0 Å². The number of amides is 1. The van der Waals surface area contributed by atoms with Crippen LogP contribution in [0.3, 0.4) is 0 Å². The number of sulfonamides is 1. The molecule has 0 radical (unpaired) electrons. The number of hydrogen-bond donors (Lipinski definition) is 2. The van der Waals surface area contributed by atoms with Crippen LogP contribution >= 0.6 is 0 Å². The van der Waals surface area contributed by atoms with Gasteiger partial charge in [0, 0.05) is 25.0 Å². The molecule has 0 unspecified atom stereocenters. The van der Waals surface area contributed by atoms with Crippen molar-refractivity contribution in [2.75, 3.05) is 30.4 Å². The van der Waals surface area contributed by atoms with Crippen molar-refractivity contribution >= 4 is 33.3 Å². The molecule has 3 aromatic rings. The lowest BCUT2D eigenvalue weighted by Crippen LogP contribution is -2.45. The highest BCUT2D eigenvalue weighted by molar-refractivity contribution is 7.89. The van der Waals surface area contributed by atoms with Gasteiger partial charge in [0.15, 0.2) is 5.65 Å². The monoisotopic (exact) mass is 470 g/mol. The minimum Gasteiger partial charge on any atom is -0.497 e. The number of anilines is 2. The fraction of sp³-hybridized carbons (Fsp3) is 0.409. The maximum absolute atomic E-state index is 12.7. The van der Waals surface area contributed by atoms with E-state index in [1.807, 2.05) is 18.2 Å². The second-order valence-corrected chi connectivity index (χ2v) is 10.1. The number of nitrogens with zero attached hydrogens (tertiary/aromatic N) is 4. The first-order valence-corrected chi connectivity index (χ1v) is 12.5. The molecule has 1 aliphatic carbocycles. The van der Waals surface area contributed by atoms with Crippen LogP contribution in [0.1, 0.15) is 25.7 Å². The number of benzene rings is 1. The number of carbonyl (C=O) groups excluding carboxylic acids is 1. The Labute approximate surface area is 192 Å². The zero-order chi connectivity index (χ0) is 23.0. The summed E-state index contributed by atoms with van der Waals surface area (Å²) >= 11 is 0. The predicted octanol–water partition coefficient (Wildman–Crippen LogP) is 2.03. The Kier molecular flexibility index (Phi) is 5.67. The lowest BCUT2D eigenvalue weighted by atomic mass is 10.1. The normalized spacial score (nSPS) is 17.3. The van der Waals surface area contributed by atoms with E-state index in [0.717, 1.165) is 18.7 Å². The lowest BCUT2D eigenvalue weighted by Gasteiger charge is -2.33. The molecule has 2 N–H and O–H groups in total. The van der Waals surface area contributed by atoms with Crippen molar-refractivity contribution in [3.05, 3.63) is 42.5 Å². The number of methoxy groups -OCH3 is 1. The summed E-state index contributed by atoms with van der Waals surface area (Å²) in [5.74, 6) is 1.83. The summed E-state index contributed by atoms with van der Waals surface area (Å²) < 4.78 is 35.1. The molecule has 2 fully saturated rings. The summed E-state index contributed by atoms with van der Waals surface area (Å²) in [5, 5.41) is 7.27. The van der Waals surface area contributed by atoms with Crippen LogP contribution in [0.25, 0.3) is 5.65 Å². The number of ether oxygens (including phenoxy) is 1. The molecule has 1 amide bonds. The van der Waals surface area contributed by atoms with Crippen LogP contribution in [0, 0.1) is 5.92 Å². The molecule has 5 rings (SSSR count). The number of aromatic nitrogens is 3. The van der Waals surface area contributed by atoms with Crippen molar-refractivity contribution in [1.29, 1.82) is 0 Å². The third-order valence-corrected chi connectivity index (χ3v) is 7.57. The van der Waals surface area contributed by atoms with Crippen LogP contribution < -0.4 is 19.7 Å². The Morgan fingerprint density at radius 1 is 1.06 bits per heavy atom. The molecule has 0 atom stereocenters. The van der Waals surface area contributed by atoms with Crippen LogP contribution in [0.4, 0.5) is 11.8 Å². The Hall–Kier alpha value is -3.18. The Morgan fingerprint density at radius 3 is 2.45 bits per heavy atom. The van der Waals surface area contributed by atoms with Gasteiger partial charge in [-0.15, -0.1) is 5.10 Å². The largest absolute Gasteiger partial charge is 0.497 e. The molecule has 3 heterocycles. The maximum Gasteiger partial charge on any atom is 0.249 e. The average Bonchev–Trinajstić information content (AvgIpc) is 3.59. The maximum atomic E-state index is 12.7. The number of nitrogens with one attached hydrogen (secondary N) is 2. The van der Waals surface area contributed by atoms with E-state index in [2.05, 4.69) is 25.0 Å². The van der Waals surface area contributed by atoms with E-state index >= 15 is 0 Å². The quantitative estimate of drug-likeness (QED) is 0.542. The van der Waals surface area contributed by atoms with Gasteiger partial charge in [0.2, 0.25) is 21.9 Å². The highest BCUT2D eigenvalue weighted by Gasteiger charge is 2.31. The molecule has 2 aromatic heterocycles. The van der Waals surface area contributed by atoms with Gasteiger partial charge < -0.3 is 9.64 Å². The molecule has 1 saturated carbocycles. The van der Waals surface area contributed by atoms with Gasteiger partial charge in [0.25, 0.3) is 0 Å². The van der Waals surface area contributed by atoms with Gasteiger partial charge in [-0.05, 0) is 62.1 Å². The topological polar surface area (TPSA) is 118 Å². The van der Waals surface area contributed by atoms with Crippen LogP contribution in [-0.4, -0.2) is 55.2 Å². The Bertz CT molecular complexity index is 1260. The fourth-order valence-corrected chi connectivity index (χ4v) is 5.32. The van der Waals surface area contributed by atoms with Crippen molar-refractivity contribution in [3.8, 4) is 5.75 Å². The van der Waals surface area contributed by atoms with Gasteiger partial charge in [-0.1, -0.05) is 6.07 Å². The van der Waals surface area contributed by atoms with Crippen LogP contribution in [-0.2, 0) is 14.8 Å². The minimum absolute atomic E-state index is 0.0302. The summed E-state index contributed by atoms with van der Waals surface area (Å²) in [6.45, 7) is 1.33. The molecule has 1 saturated heterocycles. The van der Waals surface area contributed by atoms with E-state index in [-0.39, 0.29) is 22.8 Å². The average molecular weight is 471 g/mol. The molecule has 0 bridgehead atoms. The molecule has 174 valence electrons. The molecule has 11 heteroatoms.